The minimum atomic E-state index is -0.430. The normalized spacial score (nSPS) is 12.6. The Hall–Kier alpha value is -1.23. The molecule has 0 saturated heterocycles. The minimum absolute atomic E-state index is 0.430. The average molecular weight is 349 g/mol. The van der Waals surface area contributed by atoms with Gasteiger partial charge in [0.25, 0.3) is 0 Å². The van der Waals surface area contributed by atoms with Crippen LogP contribution in [0.1, 0.15) is 30.7 Å². The molecule has 0 aliphatic rings. The maximum absolute atomic E-state index is 10.3. The lowest BCUT2D eigenvalue weighted by atomic mass is 10.1. The van der Waals surface area contributed by atoms with Gasteiger partial charge in [0.15, 0.2) is 0 Å². The van der Waals surface area contributed by atoms with Gasteiger partial charge >= 0.3 is 0 Å². The molecule has 0 amide bonds. The Morgan fingerprint density at radius 1 is 1.24 bits per heavy atom. The fourth-order valence-electron chi connectivity index (χ4n) is 2.26. The summed E-state index contributed by atoms with van der Waals surface area (Å²) in [4.78, 5) is 6.65. The first-order valence-electron chi connectivity index (χ1n) is 7.25. The van der Waals surface area contributed by atoms with E-state index in [0.29, 0.717) is 0 Å². The molecule has 3 nitrogen and oxygen atoms in total. The van der Waals surface area contributed by atoms with Crippen LogP contribution >= 0.6 is 15.9 Å². The van der Waals surface area contributed by atoms with Crippen LogP contribution in [0.4, 0.5) is 0 Å². The average Bonchev–Trinajstić information content (AvgIpc) is 2.52. The quantitative estimate of drug-likeness (QED) is 0.826. The monoisotopic (exact) mass is 348 g/mol. The fraction of sp³-hybridized carbons (Fsp3) is 0.353. The number of rotatable bonds is 7. The lowest BCUT2D eigenvalue weighted by Crippen LogP contribution is -2.25. The standard InChI is InChI=1S/C17H21BrN2O/c1-2-20(13-16-8-3-4-10-19-16)11-9-17(21)14-6-5-7-15(18)12-14/h3-8,10,12,17,21H,2,9,11,13H2,1H3. The Bertz CT molecular complexity index is 547. The molecule has 2 rings (SSSR count). The molecule has 1 heterocycles. The smallest absolute Gasteiger partial charge is 0.0802 e. The van der Waals surface area contributed by atoms with E-state index in [9.17, 15) is 5.11 Å². The zero-order chi connectivity index (χ0) is 15.1. The van der Waals surface area contributed by atoms with Crippen molar-refractivity contribution in [3.8, 4) is 0 Å². The van der Waals surface area contributed by atoms with Crippen LogP contribution in [0.25, 0.3) is 0 Å². The van der Waals surface area contributed by atoms with E-state index >= 15 is 0 Å². The predicted molar refractivity (Wildman–Crippen MR) is 88.9 cm³/mol. The molecule has 1 N–H and O–H groups in total. The van der Waals surface area contributed by atoms with Gasteiger partial charge in [-0.25, -0.2) is 0 Å². The number of hydrogen-bond acceptors (Lipinski definition) is 3. The second kappa shape index (κ2) is 8.27. The minimum Gasteiger partial charge on any atom is -0.388 e. The summed E-state index contributed by atoms with van der Waals surface area (Å²) in [7, 11) is 0. The number of hydrogen-bond donors (Lipinski definition) is 1. The van der Waals surface area contributed by atoms with E-state index in [2.05, 4.69) is 32.7 Å². The van der Waals surface area contributed by atoms with Crippen LogP contribution in [-0.4, -0.2) is 28.1 Å². The van der Waals surface area contributed by atoms with Crippen molar-refractivity contribution in [2.45, 2.75) is 26.0 Å². The van der Waals surface area contributed by atoms with Crippen molar-refractivity contribution >= 4 is 15.9 Å². The van der Waals surface area contributed by atoms with Crippen molar-refractivity contribution in [1.82, 2.24) is 9.88 Å². The van der Waals surface area contributed by atoms with E-state index in [1.807, 2.05) is 48.7 Å². The van der Waals surface area contributed by atoms with Gasteiger partial charge in [0.1, 0.15) is 0 Å². The predicted octanol–water partition coefficient (Wildman–Crippen LogP) is 3.79. The van der Waals surface area contributed by atoms with Gasteiger partial charge in [-0.3, -0.25) is 9.88 Å². The third-order valence-electron chi connectivity index (χ3n) is 3.51. The third kappa shape index (κ3) is 5.23. The molecule has 0 aliphatic heterocycles. The number of halogens is 1. The number of pyridine rings is 1. The highest BCUT2D eigenvalue weighted by molar-refractivity contribution is 9.10. The first-order chi connectivity index (χ1) is 10.2. The highest BCUT2D eigenvalue weighted by atomic mass is 79.9. The van der Waals surface area contributed by atoms with Gasteiger partial charge < -0.3 is 5.11 Å². The molecule has 1 aromatic heterocycles. The van der Waals surface area contributed by atoms with Gasteiger partial charge in [-0.05, 0) is 42.8 Å². The molecule has 1 unspecified atom stereocenters. The summed E-state index contributed by atoms with van der Waals surface area (Å²) in [5.74, 6) is 0. The lowest BCUT2D eigenvalue weighted by Gasteiger charge is -2.21. The summed E-state index contributed by atoms with van der Waals surface area (Å²) < 4.78 is 1.000. The van der Waals surface area contributed by atoms with E-state index in [0.717, 1.165) is 41.8 Å². The summed E-state index contributed by atoms with van der Waals surface area (Å²) >= 11 is 3.44. The molecule has 4 heteroatoms. The summed E-state index contributed by atoms with van der Waals surface area (Å²) in [5, 5.41) is 10.3. The summed E-state index contributed by atoms with van der Waals surface area (Å²) in [6.45, 7) is 4.75. The van der Waals surface area contributed by atoms with Gasteiger partial charge in [0.05, 0.1) is 11.8 Å². The number of aliphatic hydroxyl groups is 1. The van der Waals surface area contributed by atoms with Crippen LogP contribution in [0.5, 0.6) is 0 Å². The Balaban J connectivity index is 1.88. The molecule has 0 aliphatic carbocycles. The van der Waals surface area contributed by atoms with Gasteiger partial charge in [-0.15, -0.1) is 0 Å². The topological polar surface area (TPSA) is 36.4 Å². The molecule has 21 heavy (non-hydrogen) atoms. The summed E-state index contributed by atoms with van der Waals surface area (Å²) in [6, 6.07) is 13.8. The Morgan fingerprint density at radius 2 is 2.10 bits per heavy atom. The third-order valence-corrected chi connectivity index (χ3v) is 4.00. The van der Waals surface area contributed by atoms with Crippen LogP contribution in [0.2, 0.25) is 0 Å². The molecule has 0 bridgehead atoms. The highest BCUT2D eigenvalue weighted by Gasteiger charge is 2.11. The molecular formula is C17H21BrN2O. The van der Waals surface area contributed by atoms with Crippen LogP contribution in [-0.2, 0) is 6.54 Å². The van der Waals surface area contributed by atoms with E-state index in [4.69, 9.17) is 0 Å². The molecule has 0 fully saturated rings. The van der Waals surface area contributed by atoms with E-state index in [1.54, 1.807) is 0 Å². The van der Waals surface area contributed by atoms with Crippen LogP contribution < -0.4 is 0 Å². The number of nitrogens with zero attached hydrogens (tertiary/aromatic N) is 2. The van der Waals surface area contributed by atoms with Gasteiger partial charge in [0, 0.05) is 23.8 Å². The van der Waals surface area contributed by atoms with Crippen molar-refractivity contribution < 1.29 is 5.11 Å². The van der Waals surface area contributed by atoms with Crippen molar-refractivity contribution in [1.29, 1.82) is 0 Å². The second-order valence-electron chi connectivity index (χ2n) is 5.05. The molecule has 1 atom stereocenters. The van der Waals surface area contributed by atoms with Crippen LogP contribution in [0.3, 0.4) is 0 Å². The van der Waals surface area contributed by atoms with Gasteiger partial charge in [-0.1, -0.05) is 41.1 Å². The van der Waals surface area contributed by atoms with E-state index < -0.39 is 6.10 Å². The van der Waals surface area contributed by atoms with E-state index in [-0.39, 0.29) is 0 Å². The zero-order valence-electron chi connectivity index (χ0n) is 12.2. The first kappa shape index (κ1) is 16.1. The van der Waals surface area contributed by atoms with Gasteiger partial charge in [-0.2, -0.15) is 0 Å². The molecule has 0 spiro atoms. The molecule has 0 saturated carbocycles. The summed E-state index contributed by atoms with van der Waals surface area (Å²) in [6.07, 6.45) is 2.11. The second-order valence-corrected chi connectivity index (χ2v) is 5.96. The molecular weight excluding hydrogens is 328 g/mol. The maximum atomic E-state index is 10.3. The highest BCUT2D eigenvalue weighted by Crippen LogP contribution is 2.21. The largest absolute Gasteiger partial charge is 0.388 e. The summed E-state index contributed by atoms with van der Waals surface area (Å²) in [5.41, 5.74) is 2.02. The van der Waals surface area contributed by atoms with Crippen molar-refractivity contribution in [2.75, 3.05) is 13.1 Å². The van der Waals surface area contributed by atoms with Crippen LogP contribution in [0.15, 0.2) is 53.1 Å². The fourth-order valence-corrected chi connectivity index (χ4v) is 2.67. The van der Waals surface area contributed by atoms with E-state index in [1.165, 1.54) is 0 Å². The van der Waals surface area contributed by atoms with Crippen molar-refractivity contribution in [2.24, 2.45) is 0 Å². The first-order valence-corrected chi connectivity index (χ1v) is 8.04. The molecule has 2 aromatic rings. The number of benzene rings is 1. The van der Waals surface area contributed by atoms with Crippen molar-refractivity contribution in [3.63, 3.8) is 0 Å². The number of aliphatic hydroxyl groups excluding tert-OH is 1. The maximum Gasteiger partial charge on any atom is 0.0802 e. The molecule has 0 radical (unpaired) electrons. The Labute approximate surface area is 134 Å². The SMILES string of the molecule is CCN(CCC(O)c1cccc(Br)c1)Cc1ccccn1. The van der Waals surface area contributed by atoms with Gasteiger partial charge in [0.2, 0.25) is 0 Å². The Morgan fingerprint density at radius 3 is 2.76 bits per heavy atom. The molecule has 1 aromatic carbocycles. The van der Waals surface area contributed by atoms with Crippen LogP contribution in [0, 0.1) is 0 Å². The lowest BCUT2D eigenvalue weighted by molar-refractivity contribution is 0.141. The van der Waals surface area contributed by atoms with Crippen molar-refractivity contribution in [3.05, 3.63) is 64.4 Å². The Kier molecular flexibility index (Phi) is 6.36. The molecule has 112 valence electrons. The zero-order valence-corrected chi connectivity index (χ0v) is 13.8. The number of aromatic nitrogens is 1.